The van der Waals surface area contributed by atoms with Gasteiger partial charge in [0.25, 0.3) is 0 Å². The highest BCUT2D eigenvalue weighted by atomic mass is 79.9. The molecule has 0 saturated heterocycles. The monoisotopic (exact) mass is 383 g/mol. The van der Waals surface area contributed by atoms with Crippen molar-refractivity contribution in [2.24, 2.45) is 0 Å². The summed E-state index contributed by atoms with van der Waals surface area (Å²) >= 11 is 6.92. The van der Waals surface area contributed by atoms with Crippen molar-refractivity contribution in [1.29, 1.82) is 0 Å². The molecule has 0 fully saturated rings. The molecule has 0 atom stereocenters. The largest absolute Gasteiger partial charge is 0.491 e. The Morgan fingerprint density at radius 2 is 1.63 bits per heavy atom. The topological polar surface area (TPSA) is 35.2 Å². The van der Waals surface area contributed by atoms with Crippen LogP contribution in [-0.2, 0) is 6.42 Å². The van der Waals surface area contributed by atoms with Crippen LogP contribution in [0.5, 0.6) is 5.75 Å². The Labute approximate surface area is 130 Å². The van der Waals surface area contributed by atoms with Gasteiger partial charge in [-0.2, -0.15) is 0 Å². The normalized spacial score (nSPS) is 10.4. The van der Waals surface area contributed by atoms with E-state index < -0.39 is 0 Å². The van der Waals surface area contributed by atoms with E-state index in [4.69, 9.17) is 10.5 Å². The second kappa shape index (κ2) is 6.96. The third kappa shape index (κ3) is 4.25. The molecule has 2 rings (SSSR count). The SMILES string of the molecule is Nc1cc(Br)c(OCCCc2ccccc2)c(Br)c1. The molecule has 2 N–H and O–H groups in total. The first kappa shape index (κ1) is 14.4. The summed E-state index contributed by atoms with van der Waals surface area (Å²) in [7, 11) is 0. The van der Waals surface area contributed by atoms with E-state index in [1.807, 2.05) is 18.2 Å². The third-order valence-electron chi connectivity index (χ3n) is 2.72. The molecule has 0 spiro atoms. The fraction of sp³-hybridized carbons (Fsp3) is 0.200. The van der Waals surface area contributed by atoms with Gasteiger partial charge in [-0.1, -0.05) is 30.3 Å². The van der Waals surface area contributed by atoms with Gasteiger partial charge < -0.3 is 10.5 Å². The van der Waals surface area contributed by atoms with Crippen LogP contribution in [0.1, 0.15) is 12.0 Å². The van der Waals surface area contributed by atoms with Crippen molar-refractivity contribution in [3.05, 3.63) is 57.0 Å². The summed E-state index contributed by atoms with van der Waals surface area (Å²) in [4.78, 5) is 0. The first-order valence-electron chi connectivity index (χ1n) is 6.08. The molecule has 0 unspecified atom stereocenters. The molecular formula is C15H15Br2NO. The Morgan fingerprint density at radius 1 is 1.00 bits per heavy atom. The zero-order valence-electron chi connectivity index (χ0n) is 10.4. The predicted molar refractivity (Wildman–Crippen MR) is 86.5 cm³/mol. The second-order valence-corrected chi connectivity index (χ2v) is 5.96. The lowest BCUT2D eigenvalue weighted by atomic mass is 10.1. The first-order valence-corrected chi connectivity index (χ1v) is 7.66. The van der Waals surface area contributed by atoms with Crippen LogP contribution in [0.25, 0.3) is 0 Å². The van der Waals surface area contributed by atoms with E-state index >= 15 is 0 Å². The van der Waals surface area contributed by atoms with E-state index in [0.29, 0.717) is 12.3 Å². The Morgan fingerprint density at radius 3 is 2.26 bits per heavy atom. The number of benzene rings is 2. The van der Waals surface area contributed by atoms with E-state index in [2.05, 4.69) is 56.1 Å². The second-order valence-electron chi connectivity index (χ2n) is 4.25. The highest BCUT2D eigenvalue weighted by molar-refractivity contribution is 9.11. The molecule has 100 valence electrons. The summed E-state index contributed by atoms with van der Waals surface area (Å²) in [6.45, 7) is 0.677. The lowest BCUT2D eigenvalue weighted by Crippen LogP contribution is -2.01. The van der Waals surface area contributed by atoms with Crippen LogP contribution in [0, 0.1) is 0 Å². The molecule has 0 amide bonds. The summed E-state index contributed by atoms with van der Waals surface area (Å²) < 4.78 is 7.54. The van der Waals surface area contributed by atoms with Gasteiger partial charge in [0.2, 0.25) is 0 Å². The molecule has 0 saturated carbocycles. The van der Waals surface area contributed by atoms with Crippen LogP contribution in [0.4, 0.5) is 5.69 Å². The van der Waals surface area contributed by atoms with Crippen molar-refractivity contribution >= 4 is 37.5 Å². The number of halogens is 2. The van der Waals surface area contributed by atoms with Gasteiger partial charge in [0, 0.05) is 5.69 Å². The van der Waals surface area contributed by atoms with Crippen molar-refractivity contribution in [3.63, 3.8) is 0 Å². The number of rotatable bonds is 5. The third-order valence-corrected chi connectivity index (χ3v) is 3.90. The van der Waals surface area contributed by atoms with E-state index in [-0.39, 0.29) is 0 Å². The molecule has 0 bridgehead atoms. The maximum atomic E-state index is 5.79. The molecule has 0 heterocycles. The van der Waals surface area contributed by atoms with Crippen LogP contribution >= 0.6 is 31.9 Å². The summed E-state index contributed by atoms with van der Waals surface area (Å²) in [5, 5.41) is 0. The Bertz CT molecular complexity index is 520. The number of nitrogen functional groups attached to an aromatic ring is 1. The van der Waals surface area contributed by atoms with Crippen molar-refractivity contribution in [3.8, 4) is 5.75 Å². The molecule has 0 radical (unpaired) electrons. The zero-order chi connectivity index (χ0) is 13.7. The molecule has 0 aliphatic heterocycles. The molecular weight excluding hydrogens is 370 g/mol. The van der Waals surface area contributed by atoms with Gasteiger partial charge in [0.05, 0.1) is 15.6 Å². The highest BCUT2D eigenvalue weighted by Crippen LogP contribution is 2.35. The Balaban J connectivity index is 1.86. The van der Waals surface area contributed by atoms with E-state index in [0.717, 1.165) is 27.5 Å². The minimum absolute atomic E-state index is 0.677. The smallest absolute Gasteiger partial charge is 0.147 e. The molecule has 0 aliphatic carbocycles. The van der Waals surface area contributed by atoms with Crippen molar-refractivity contribution < 1.29 is 4.74 Å². The van der Waals surface area contributed by atoms with E-state index in [1.54, 1.807) is 0 Å². The fourth-order valence-corrected chi connectivity index (χ4v) is 3.26. The van der Waals surface area contributed by atoms with Gasteiger partial charge in [-0.3, -0.25) is 0 Å². The first-order chi connectivity index (χ1) is 9.16. The van der Waals surface area contributed by atoms with Gasteiger partial charge in [0.1, 0.15) is 5.75 Å². The predicted octanol–water partition coefficient (Wildman–Crippen LogP) is 4.81. The number of anilines is 1. The number of hydrogen-bond acceptors (Lipinski definition) is 2. The molecule has 2 aromatic rings. The average Bonchev–Trinajstić information content (AvgIpc) is 2.38. The minimum atomic E-state index is 0.677. The van der Waals surface area contributed by atoms with Crippen LogP contribution in [0.2, 0.25) is 0 Å². The average molecular weight is 385 g/mol. The molecule has 19 heavy (non-hydrogen) atoms. The van der Waals surface area contributed by atoms with Crippen LogP contribution in [-0.4, -0.2) is 6.61 Å². The molecule has 0 aromatic heterocycles. The van der Waals surface area contributed by atoms with Gasteiger partial charge in [-0.05, 0) is 62.4 Å². The van der Waals surface area contributed by atoms with E-state index in [1.165, 1.54) is 5.56 Å². The van der Waals surface area contributed by atoms with Gasteiger partial charge in [-0.15, -0.1) is 0 Å². The van der Waals surface area contributed by atoms with Gasteiger partial charge in [0.15, 0.2) is 0 Å². The summed E-state index contributed by atoms with van der Waals surface area (Å²) in [5.74, 6) is 0.808. The number of ether oxygens (including phenoxy) is 1. The quantitative estimate of drug-likeness (QED) is 0.593. The number of nitrogens with two attached hydrogens (primary N) is 1. The maximum Gasteiger partial charge on any atom is 0.147 e. The van der Waals surface area contributed by atoms with Crippen molar-refractivity contribution in [2.45, 2.75) is 12.8 Å². The number of aryl methyl sites for hydroxylation is 1. The van der Waals surface area contributed by atoms with Crippen LogP contribution < -0.4 is 10.5 Å². The number of hydrogen-bond donors (Lipinski definition) is 1. The molecule has 0 aliphatic rings. The summed E-state index contributed by atoms with van der Waals surface area (Å²) in [6.07, 6.45) is 2.00. The fourth-order valence-electron chi connectivity index (χ4n) is 1.81. The summed E-state index contributed by atoms with van der Waals surface area (Å²) in [5.41, 5.74) is 7.78. The highest BCUT2D eigenvalue weighted by Gasteiger charge is 2.07. The van der Waals surface area contributed by atoms with E-state index in [9.17, 15) is 0 Å². The van der Waals surface area contributed by atoms with Gasteiger partial charge >= 0.3 is 0 Å². The van der Waals surface area contributed by atoms with Crippen LogP contribution in [0.15, 0.2) is 51.4 Å². The summed E-state index contributed by atoms with van der Waals surface area (Å²) in [6, 6.07) is 14.1. The standard InChI is InChI=1S/C15H15Br2NO/c16-13-9-12(18)10-14(17)15(13)19-8-4-7-11-5-2-1-3-6-11/h1-3,5-6,9-10H,4,7-8,18H2. The van der Waals surface area contributed by atoms with Gasteiger partial charge in [-0.25, -0.2) is 0 Å². The zero-order valence-corrected chi connectivity index (χ0v) is 13.6. The maximum absolute atomic E-state index is 5.79. The lowest BCUT2D eigenvalue weighted by molar-refractivity contribution is 0.307. The lowest BCUT2D eigenvalue weighted by Gasteiger charge is -2.11. The van der Waals surface area contributed by atoms with Crippen LogP contribution in [0.3, 0.4) is 0 Å². The molecule has 2 nitrogen and oxygen atoms in total. The Hall–Kier alpha value is -1.00. The van der Waals surface area contributed by atoms with Crippen molar-refractivity contribution in [1.82, 2.24) is 0 Å². The minimum Gasteiger partial charge on any atom is -0.491 e. The van der Waals surface area contributed by atoms with Crippen molar-refractivity contribution in [2.75, 3.05) is 12.3 Å². The molecule has 2 aromatic carbocycles. The Kier molecular flexibility index (Phi) is 5.28. The molecule has 4 heteroatoms.